The summed E-state index contributed by atoms with van der Waals surface area (Å²) in [6, 6.07) is 20.7. The third kappa shape index (κ3) is 9.36. The van der Waals surface area contributed by atoms with Gasteiger partial charge in [-0.2, -0.15) is 0 Å². The largest absolute Gasteiger partial charge is 0.442 e. The van der Waals surface area contributed by atoms with Crippen LogP contribution in [-0.2, 0) is 18.8 Å². The Hall–Kier alpha value is -8.09. The van der Waals surface area contributed by atoms with Crippen LogP contribution in [0.2, 0.25) is 0 Å². The Morgan fingerprint density at radius 1 is 0.677 bits per heavy atom. The molecule has 7 aromatic rings. The summed E-state index contributed by atoms with van der Waals surface area (Å²) in [6.07, 6.45) is 3.10. The molecule has 0 saturated heterocycles. The van der Waals surface area contributed by atoms with E-state index in [-0.39, 0.29) is 53.7 Å². The lowest BCUT2D eigenvalue weighted by Gasteiger charge is -2.17. The second kappa shape index (κ2) is 17.3. The molecular formula is C43H44N12O7. The summed E-state index contributed by atoms with van der Waals surface area (Å²) >= 11 is 0. The highest BCUT2D eigenvalue weighted by Gasteiger charge is 2.22. The molecule has 3 aromatic heterocycles. The van der Waals surface area contributed by atoms with Gasteiger partial charge in [-0.25, -0.2) is 14.8 Å². The minimum atomic E-state index is -0.965. The fourth-order valence-electron chi connectivity index (χ4n) is 6.85. The predicted molar refractivity (Wildman–Crippen MR) is 232 cm³/mol. The number of amides is 6. The number of aliphatic imine (C=N–C) groups is 1. The lowest BCUT2D eigenvalue weighted by Crippen LogP contribution is -2.38. The van der Waals surface area contributed by atoms with Crippen LogP contribution >= 0.6 is 0 Å². The number of rotatable bonds is 12. The number of H-pyrrole nitrogens is 1. The van der Waals surface area contributed by atoms with Crippen LogP contribution in [0.3, 0.4) is 0 Å². The number of carbonyl (C=O) groups excluding carboxylic acids is 6. The van der Waals surface area contributed by atoms with Crippen LogP contribution in [0.15, 0.2) is 84.1 Å². The number of anilines is 2. The van der Waals surface area contributed by atoms with E-state index in [9.17, 15) is 28.8 Å². The molecule has 6 amide bonds. The maximum absolute atomic E-state index is 13.6. The van der Waals surface area contributed by atoms with E-state index in [4.69, 9.17) is 10.5 Å². The normalized spacial score (nSPS) is 11.8. The highest BCUT2D eigenvalue weighted by atomic mass is 16.6. The number of unbranched alkanes of at least 4 members (excludes halogenated alkanes) is 1. The molecule has 0 radical (unpaired) electrons. The van der Waals surface area contributed by atoms with Crippen LogP contribution in [0.5, 0.6) is 0 Å². The Morgan fingerprint density at radius 3 is 1.84 bits per heavy atom. The molecular weight excluding hydrogens is 797 g/mol. The van der Waals surface area contributed by atoms with Gasteiger partial charge in [0.15, 0.2) is 11.6 Å². The molecule has 318 valence electrons. The first-order valence-corrected chi connectivity index (χ1v) is 19.5. The Morgan fingerprint density at radius 2 is 1.21 bits per heavy atom. The summed E-state index contributed by atoms with van der Waals surface area (Å²) in [5, 5.41) is 19.4. The van der Waals surface area contributed by atoms with Crippen LogP contribution in [0.4, 0.5) is 16.4 Å². The molecule has 0 atom stereocenters. The molecule has 0 bridgehead atoms. The second-order valence-corrected chi connectivity index (χ2v) is 15.4. The number of carbonyl (C=O) groups is 6. The van der Waals surface area contributed by atoms with Gasteiger partial charge in [-0.1, -0.05) is 48.5 Å². The van der Waals surface area contributed by atoms with Crippen molar-refractivity contribution >= 4 is 85.5 Å². The van der Waals surface area contributed by atoms with Crippen molar-refractivity contribution in [3.8, 4) is 0 Å². The number of guanidine groups is 1. The van der Waals surface area contributed by atoms with Crippen molar-refractivity contribution in [1.29, 1.82) is 0 Å². The minimum Gasteiger partial charge on any atom is -0.442 e. The van der Waals surface area contributed by atoms with Crippen molar-refractivity contribution in [3.63, 3.8) is 0 Å². The highest BCUT2D eigenvalue weighted by Crippen LogP contribution is 2.36. The molecule has 62 heavy (non-hydrogen) atoms. The molecule has 0 saturated carbocycles. The van der Waals surface area contributed by atoms with E-state index in [0.717, 1.165) is 32.3 Å². The molecule has 4 aromatic carbocycles. The van der Waals surface area contributed by atoms with Crippen molar-refractivity contribution in [1.82, 2.24) is 40.0 Å². The Bertz CT molecular complexity index is 2900. The standard InChI is InChI=1S/C43H44N12O7/c1-43(2,3)62-42(61)53-41(44)52-38(58)29-18-17-28(47-29)37(57)45-19-6-7-20-46-39(59)34-48-31(22-54(34)4)51-40(60)35-49-30(21-55(35)5)50-36(56)27-16-14-25-12-11-23-9-8-10-24-13-15-26(27)33(25)32(23)24/h8-18,21-22,47H,6-7,19-20H2,1-5H3,(H,45,57)(H,46,59)(H,50,56)(H,51,60)(H3,44,52,53,58,61). The van der Waals surface area contributed by atoms with Crippen LogP contribution in [0, 0.1) is 0 Å². The zero-order valence-electron chi connectivity index (χ0n) is 34.5. The van der Waals surface area contributed by atoms with E-state index in [1.54, 1.807) is 40.9 Å². The van der Waals surface area contributed by atoms with Crippen LogP contribution in [0.1, 0.15) is 86.2 Å². The molecule has 0 unspecified atom stereocenters. The number of aromatic nitrogens is 5. The summed E-state index contributed by atoms with van der Waals surface area (Å²) in [6.45, 7) is 5.53. The minimum absolute atomic E-state index is 0.00827. The van der Waals surface area contributed by atoms with Gasteiger partial charge >= 0.3 is 6.09 Å². The van der Waals surface area contributed by atoms with Crippen molar-refractivity contribution in [2.75, 3.05) is 23.7 Å². The predicted octanol–water partition coefficient (Wildman–Crippen LogP) is 4.80. The molecule has 0 aliphatic carbocycles. The van der Waals surface area contributed by atoms with E-state index in [0.29, 0.717) is 18.4 Å². The molecule has 0 aliphatic heterocycles. The molecule has 7 rings (SSSR count). The number of ether oxygens (including phenoxy) is 1. The first-order valence-electron chi connectivity index (χ1n) is 19.5. The van der Waals surface area contributed by atoms with Crippen molar-refractivity contribution in [2.45, 2.75) is 39.2 Å². The number of imidazole rings is 2. The number of hydrogen-bond acceptors (Lipinski definition) is 9. The maximum atomic E-state index is 13.6. The van der Waals surface area contributed by atoms with Crippen LogP contribution in [-0.4, -0.2) is 84.4 Å². The average Bonchev–Trinajstić information content (AvgIpc) is 3.95. The van der Waals surface area contributed by atoms with Gasteiger partial charge in [0, 0.05) is 45.1 Å². The number of aromatic amines is 1. The molecule has 0 fully saturated rings. The van der Waals surface area contributed by atoms with Gasteiger partial charge in [0.25, 0.3) is 29.5 Å². The first-order chi connectivity index (χ1) is 29.5. The van der Waals surface area contributed by atoms with Gasteiger partial charge in [0.2, 0.25) is 17.6 Å². The zero-order chi connectivity index (χ0) is 44.3. The topological polar surface area (TPSA) is 262 Å². The van der Waals surface area contributed by atoms with E-state index in [1.807, 2.05) is 30.3 Å². The summed E-state index contributed by atoms with van der Waals surface area (Å²) in [5.41, 5.74) is 5.44. The molecule has 19 nitrogen and oxygen atoms in total. The van der Waals surface area contributed by atoms with E-state index < -0.39 is 41.3 Å². The SMILES string of the molecule is Cn1cc(NC(=O)c2nc(NC(=O)c3ccc4ccc5cccc6ccc3c4c56)cn2C)nc1C(=O)NCCCCNC(=O)c1ccc(C(=O)N/C(N)=N/C(=O)OC(C)(C)C)[nH]1. The van der Waals surface area contributed by atoms with E-state index >= 15 is 0 Å². The third-order valence-corrected chi connectivity index (χ3v) is 9.61. The quantitative estimate of drug-likeness (QED) is 0.0382. The summed E-state index contributed by atoms with van der Waals surface area (Å²) in [4.78, 5) is 91.5. The summed E-state index contributed by atoms with van der Waals surface area (Å²) in [7, 11) is 3.24. The summed E-state index contributed by atoms with van der Waals surface area (Å²) in [5.74, 6) is -2.72. The lowest BCUT2D eigenvalue weighted by atomic mass is 9.92. The number of hydrogen-bond donors (Lipinski definition) is 7. The van der Waals surface area contributed by atoms with Crippen molar-refractivity contribution < 1.29 is 33.5 Å². The molecule has 8 N–H and O–H groups in total. The number of benzene rings is 4. The fourth-order valence-corrected chi connectivity index (χ4v) is 6.85. The summed E-state index contributed by atoms with van der Waals surface area (Å²) < 4.78 is 7.98. The lowest BCUT2D eigenvalue weighted by molar-refractivity contribution is 0.0603. The Kier molecular flexibility index (Phi) is 11.7. The third-order valence-electron chi connectivity index (χ3n) is 9.61. The second-order valence-electron chi connectivity index (χ2n) is 15.4. The molecule has 0 spiro atoms. The average molecular weight is 841 g/mol. The maximum Gasteiger partial charge on any atom is 0.437 e. The van der Waals surface area contributed by atoms with Gasteiger partial charge in [-0.05, 0) is 84.1 Å². The van der Waals surface area contributed by atoms with Gasteiger partial charge in [-0.15, -0.1) is 4.99 Å². The van der Waals surface area contributed by atoms with Crippen molar-refractivity contribution in [2.24, 2.45) is 24.8 Å². The molecule has 0 aliphatic rings. The molecule has 3 heterocycles. The van der Waals surface area contributed by atoms with Crippen molar-refractivity contribution in [3.05, 3.63) is 108 Å². The Labute approximate surface area is 353 Å². The first kappa shape index (κ1) is 42.0. The monoisotopic (exact) mass is 840 g/mol. The van der Waals surface area contributed by atoms with E-state index in [1.165, 1.54) is 33.7 Å². The van der Waals surface area contributed by atoms with Gasteiger partial charge in [0.1, 0.15) is 17.0 Å². The highest BCUT2D eigenvalue weighted by molar-refractivity contribution is 6.27. The number of nitrogens with one attached hydrogen (secondary N) is 6. The van der Waals surface area contributed by atoms with Crippen LogP contribution < -0.4 is 32.3 Å². The smallest absolute Gasteiger partial charge is 0.437 e. The number of nitrogens with zero attached hydrogens (tertiary/aromatic N) is 5. The van der Waals surface area contributed by atoms with Gasteiger partial charge < -0.3 is 45.9 Å². The fraction of sp³-hybridized carbons (Fsp3) is 0.233. The van der Waals surface area contributed by atoms with Gasteiger partial charge in [0.05, 0.1) is 0 Å². The zero-order valence-corrected chi connectivity index (χ0v) is 34.5. The van der Waals surface area contributed by atoms with Gasteiger partial charge in [-0.3, -0.25) is 29.3 Å². The number of aryl methyl sites for hydroxylation is 2. The van der Waals surface area contributed by atoms with Crippen LogP contribution in [0.25, 0.3) is 32.3 Å². The number of nitrogens with two attached hydrogens (primary N) is 1. The Balaban J connectivity index is 0.859. The molecule has 19 heteroatoms. The van der Waals surface area contributed by atoms with E-state index in [2.05, 4.69) is 64.7 Å².